The summed E-state index contributed by atoms with van der Waals surface area (Å²) in [6.07, 6.45) is 5.55. The van der Waals surface area contributed by atoms with Crippen LogP contribution in [0.1, 0.15) is 30.3 Å². The van der Waals surface area contributed by atoms with Crippen molar-refractivity contribution in [2.45, 2.75) is 31.8 Å². The molecular formula is C21H27N5O3. The minimum atomic E-state index is -0.140. The van der Waals surface area contributed by atoms with Crippen molar-refractivity contribution < 1.29 is 14.0 Å². The molecule has 0 unspecified atom stereocenters. The molecule has 0 aliphatic carbocycles. The van der Waals surface area contributed by atoms with Crippen LogP contribution in [0.15, 0.2) is 22.9 Å². The van der Waals surface area contributed by atoms with Gasteiger partial charge in [-0.2, -0.15) is 0 Å². The number of rotatable bonds is 3. The van der Waals surface area contributed by atoms with Crippen molar-refractivity contribution in [1.29, 1.82) is 0 Å². The summed E-state index contributed by atoms with van der Waals surface area (Å²) in [6.45, 7) is 6.17. The van der Waals surface area contributed by atoms with Gasteiger partial charge in [-0.05, 0) is 44.8 Å². The van der Waals surface area contributed by atoms with E-state index in [9.17, 15) is 9.59 Å². The summed E-state index contributed by atoms with van der Waals surface area (Å²) < 4.78 is 5.64. The summed E-state index contributed by atoms with van der Waals surface area (Å²) in [5, 5.41) is 4.06. The number of aromatic nitrogens is 1. The van der Waals surface area contributed by atoms with Crippen molar-refractivity contribution in [3.05, 3.63) is 24.2 Å². The van der Waals surface area contributed by atoms with Gasteiger partial charge in [0.15, 0.2) is 5.58 Å². The minimum absolute atomic E-state index is 0.0777. The van der Waals surface area contributed by atoms with Crippen LogP contribution in [0.4, 0.5) is 5.69 Å². The lowest BCUT2D eigenvalue weighted by molar-refractivity contribution is -0.129. The zero-order chi connectivity index (χ0) is 20.1. The molecule has 0 saturated carbocycles. The molecule has 2 bridgehead atoms. The Morgan fingerprint density at radius 2 is 2.03 bits per heavy atom. The summed E-state index contributed by atoms with van der Waals surface area (Å²) >= 11 is 0. The quantitative estimate of drug-likeness (QED) is 0.841. The molecule has 0 radical (unpaired) electrons. The van der Waals surface area contributed by atoms with E-state index in [1.54, 1.807) is 23.4 Å². The van der Waals surface area contributed by atoms with Gasteiger partial charge in [-0.1, -0.05) is 0 Å². The fourth-order valence-electron chi connectivity index (χ4n) is 5.02. The molecule has 8 nitrogen and oxygen atoms in total. The van der Waals surface area contributed by atoms with E-state index in [1.165, 1.54) is 0 Å². The van der Waals surface area contributed by atoms with E-state index in [2.05, 4.69) is 22.1 Å². The van der Waals surface area contributed by atoms with Crippen LogP contribution in [0.25, 0.3) is 11.0 Å². The van der Waals surface area contributed by atoms with E-state index >= 15 is 0 Å². The number of piperazine rings is 1. The van der Waals surface area contributed by atoms with Gasteiger partial charge in [0, 0.05) is 37.6 Å². The summed E-state index contributed by atoms with van der Waals surface area (Å²) in [5.41, 5.74) is 1.86. The van der Waals surface area contributed by atoms with Crippen molar-refractivity contribution in [3.63, 3.8) is 0 Å². The van der Waals surface area contributed by atoms with Crippen LogP contribution in [0.5, 0.6) is 0 Å². The van der Waals surface area contributed by atoms with E-state index in [-0.39, 0.29) is 17.9 Å². The number of carbonyl (C=O) groups excluding carboxylic acids is 2. The van der Waals surface area contributed by atoms with Gasteiger partial charge in [-0.3, -0.25) is 14.5 Å². The molecule has 8 heteroatoms. The van der Waals surface area contributed by atoms with Crippen LogP contribution in [-0.4, -0.2) is 78.5 Å². The van der Waals surface area contributed by atoms with Crippen LogP contribution >= 0.6 is 0 Å². The van der Waals surface area contributed by atoms with E-state index in [0.29, 0.717) is 36.3 Å². The van der Waals surface area contributed by atoms with Gasteiger partial charge >= 0.3 is 0 Å². The molecule has 2 amide bonds. The van der Waals surface area contributed by atoms with Crippen molar-refractivity contribution >= 4 is 28.5 Å². The molecule has 4 fully saturated rings. The molecule has 2 aromatic rings. The van der Waals surface area contributed by atoms with Gasteiger partial charge in [0.2, 0.25) is 5.91 Å². The maximum atomic E-state index is 13.0. The number of nitrogens with one attached hydrogen (secondary N) is 1. The molecule has 4 aliphatic rings. The number of anilines is 1. The van der Waals surface area contributed by atoms with E-state index in [0.717, 1.165) is 43.5 Å². The molecular weight excluding hydrogens is 370 g/mol. The largest absolute Gasteiger partial charge is 0.460 e. The van der Waals surface area contributed by atoms with Crippen LogP contribution in [0, 0.1) is 5.92 Å². The van der Waals surface area contributed by atoms with E-state index in [4.69, 9.17) is 4.42 Å². The van der Waals surface area contributed by atoms with Crippen molar-refractivity contribution in [2.24, 2.45) is 5.92 Å². The third kappa shape index (κ3) is 3.15. The Labute approximate surface area is 169 Å². The summed E-state index contributed by atoms with van der Waals surface area (Å²) in [5.74, 6) is 0.483. The molecule has 2 aromatic heterocycles. The Morgan fingerprint density at radius 3 is 2.76 bits per heavy atom. The number of amides is 2. The van der Waals surface area contributed by atoms with Crippen LogP contribution < -0.4 is 10.2 Å². The average molecular weight is 397 g/mol. The average Bonchev–Trinajstić information content (AvgIpc) is 3.16. The monoisotopic (exact) mass is 397 g/mol. The fourth-order valence-corrected chi connectivity index (χ4v) is 5.02. The van der Waals surface area contributed by atoms with Gasteiger partial charge in [-0.25, -0.2) is 4.98 Å². The lowest BCUT2D eigenvalue weighted by Crippen LogP contribution is -2.62. The maximum absolute atomic E-state index is 13.0. The zero-order valence-corrected chi connectivity index (χ0v) is 16.9. The molecule has 154 valence electrons. The number of pyridine rings is 1. The standard InChI is InChI=1S/C21H27N5O3/c1-13-20(14-3-5-25(13)6-4-14)23-21(28)16-9-15-17(12-29-18(15)10-22-16)26-8-7-24(2)19(27)11-26/h9-10,12-14,20H,3-8,11H2,1-2H3,(H,23,28)/t13-,20+/m1/s1. The second kappa shape index (κ2) is 7.02. The third-order valence-corrected chi connectivity index (χ3v) is 6.95. The van der Waals surface area contributed by atoms with E-state index in [1.807, 2.05) is 11.9 Å². The van der Waals surface area contributed by atoms with Gasteiger partial charge in [0.25, 0.3) is 5.91 Å². The van der Waals surface area contributed by atoms with Gasteiger partial charge in [0.1, 0.15) is 12.0 Å². The van der Waals surface area contributed by atoms with Gasteiger partial charge in [0.05, 0.1) is 18.4 Å². The first-order chi connectivity index (χ1) is 14.0. The first-order valence-corrected chi connectivity index (χ1v) is 10.4. The van der Waals surface area contributed by atoms with Crippen molar-refractivity contribution in [3.8, 4) is 0 Å². The SMILES string of the molecule is C[C@@H]1[C@H](NC(=O)c2cc3c(N4CCN(C)C(=O)C4)coc3cn2)C2CCN1CC2. The number of hydrogen-bond donors (Lipinski definition) is 1. The molecule has 4 aliphatic heterocycles. The predicted octanol–water partition coefficient (Wildman–Crippen LogP) is 1.32. The highest BCUT2D eigenvalue weighted by Crippen LogP contribution is 2.33. The first-order valence-electron chi connectivity index (χ1n) is 10.4. The molecule has 6 heterocycles. The minimum Gasteiger partial charge on any atom is -0.460 e. The van der Waals surface area contributed by atoms with Crippen LogP contribution in [0.3, 0.4) is 0 Å². The Hall–Kier alpha value is -2.61. The molecule has 0 spiro atoms. The van der Waals surface area contributed by atoms with E-state index < -0.39 is 0 Å². The predicted molar refractivity (Wildman–Crippen MR) is 109 cm³/mol. The lowest BCUT2D eigenvalue weighted by Gasteiger charge is -2.49. The zero-order valence-electron chi connectivity index (χ0n) is 16.9. The number of carbonyl (C=O) groups is 2. The Balaban J connectivity index is 1.38. The summed E-state index contributed by atoms with van der Waals surface area (Å²) in [4.78, 5) is 35.6. The van der Waals surface area contributed by atoms with Gasteiger partial charge in [-0.15, -0.1) is 0 Å². The number of nitrogens with zero attached hydrogens (tertiary/aromatic N) is 4. The number of likely N-dealkylation sites (N-methyl/N-ethyl adjacent to an activating group) is 1. The number of furan rings is 1. The first kappa shape index (κ1) is 18.4. The lowest BCUT2D eigenvalue weighted by atomic mass is 9.79. The maximum Gasteiger partial charge on any atom is 0.270 e. The second-order valence-corrected chi connectivity index (χ2v) is 8.54. The van der Waals surface area contributed by atoms with Crippen LogP contribution in [-0.2, 0) is 4.79 Å². The van der Waals surface area contributed by atoms with Crippen molar-refractivity contribution in [1.82, 2.24) is 20.1 Å². The molecule has 6 rings (SSSR count). The molecule has 4 saturated heterocycles. The highest BCUT2D eigenvalue weighted by atomic mass is 16.3. The summed E-state index contributed by atoms with van der Waals surface area (Å²) in [6, 6.07) is 2.32. The summed E-state index contributed by atoms with van der Waals surface area (Å²) in [7, 11) is 1.81. The molecule has 0 aromatic carbocycles. The molecule has 29 heavy (non-hydrogen) atoms. The number of piperidine rings is 3. The smallest absolute Gasteiger partial charge is 0.270 e. The Kier molecular flexibility index (Phi) is 4.46. The Morgan fingerprint density at radius 1 is 1.24 bits per heavy atom. The second-order valence-electron chi connectivity index (χ2n) is 8.54. The Bertz CT molecular complexity index is 947. The topological polar surface area (TPSA) is 81.9 Å². The number of fused-ring (bicyclic) bond motifs is 4. The third-order valence-electron chi connectivity index (χ3n) is 6.95. The van der Waals surface area contributed by atoms with Crippen molar-refractivity contribution in [2.75, 3.05) is 44.7 Å². The molecule has 2 atom stereocenters. The normalized spacial score (nSPS) is 29.5. The highest BCUT2D eigenvalue weighted by Gasteiger charge is 2.40. The number of hydrogen-bond acceptors (Lipinski definition) is 6. The fraction of sp³-hybridized carbons (Fsp3) is 0.571. The highest BCUT2D eigenvalue weighted by molar-refractivity contribution is 6.00. The van der Waals surface area contributed by atoms with Gasteiger partial charge < -0.3 is 19.5 Å². The molecule has 1 N–H and O–H groups in total. The van der Waals surface area contributed by atoms with Crippen LogP contribution in [0.2, 0.25) is 0 Å².